The van der Waals surface area contributed by atoms with Gasteiger partial charge in [0.25, 0.3) is 0 Å². The highest BCUT2D eigenvalue weighted by molar-refractivity contribution is 7.53. The van der Waals surface area contributed by atoms with Crippen LogP contribution in [0.3, 0.4) is 0 Å². The fourth-order valence-corrected chi connectivity index (χ4v) is 5.06. The second-order valence-electron chi connectivity index (χ2n) is 7.25. The van der Waals surface area contributed by atoms with E-state index in [1.807, 2.05) is 0 Å². The summed E-state index contributed by atoms with van der Waals surface area (Å²) in [6.45, 7) is 0.695. The highest BCUT2D eigenvalue weighted by Gasteiger charge is 2.52. The Morgan fingerprint density at radius 2 is 1.44 bits per heavy atom. The molecule has 0 aliphatic carbocycles. The molecule has 0 atom stereocenters. The zero-order valence-corrected chi connectivity index (χ0v) is 18.5. The predicted molar refractivity (Wildman–Crippen MR) is 99.0 cm³/mol. The lowest BCUT2D eigenvalue weighted by Gasteiger charge is -2.39. The molecule has 2 heterocycles. The molecule has 0 bridgehead atoms. The number of carbonyl (C=O) groups is 2. The molecule has 2 rings (SSSR count). The molecule has 2 saturated heterocycles. The van der Waals surface area contributed by atoms with Crippen LogP contribution in [0, 0.1) is 0 Å². The molecule has 0 radical (unpaired) electrons. The van der Waals surface area contributed by atoms with Crippen LogP contribution in [0.15, 0.2) is 0 Å². The quantitative estimate of drug-likeness (QED) is 0.183. The van der Waals surface area contributed by atoms with Gasteiger partial charge in [-0.2, -0.15) is 13.2 Å². The van der Waals surface area contributed by atoms with Crippen molar-refractivity contribution in [3.05, 3.63) is 0 Å². The summed E-state index contributed by atoms with van der Waals surface area (Å²) >= 11 is 0. The van der Waals surface area contributed by atoms with Crippen LogP contribution in [-0.2, 0) is 37.6 Å². The largest absolute Gasteiger partial charge is 0.471 e. The standard InChI is InChI=1S/C15H29F3N5O8P/c1-2-29-13(24)11-21(14(25)15(16,17)18)12-32(26,30-22(19)3-7-27-8-4-22)31-23(20)5-9-28-10-6-23/h2-12,19-20H2,1H3/q+2. The maximum Gasteiger partial charge on any atom is 0.471 e. The van der Waals surface area contributed by atoms with Crippen LogP contribution in [-0.4, -0.2) is 105 Å². The Balaban J connectivity index is 2.34. The third kappa shape index (κ3) is 7.90. The third-order valence-electron chi connectivity index (χ3n) is 4.53. The number of amides is 1. The van der Waals surface area contributed by atoms with Gasteiger partial charge in [0.1, 0.15) is 39.3 Å². The second kappa shape index (κ2) is 10.7. The summed E-state index contributed by atoms with van der Waals surface area (Å²) < 4.78 is 77.6. The van der Waals surface area contributed by atoms with Crippen LogP contribution < -0.4 is 11.7 Å². The number of hydroxylamine groups is 4. The van der Waals surface area contributed by atoms with Crippen molar-refractivity contribution in [3.63, 3.8) is 0 Å². The molecular weight excluding hydrogens is 466 g/mol. The molecule has 0 aromatic carbocycles. The number of quaternary nitrogens is 2. The molecule has 2 aliphatic heterocycles. The molecule has 1 amide bonds. The van der Waals surface area contributed by atoms with Crippen molar-refractivity contribution in [1.82, 2.24) is 4.90 Å². The Morgan fingerprint density at radius 3 is 1.81 bits per heavy atom. The molecule has 2 fully saturated rings. The third-order valence-corrected chi connectivity index (χ3v) is 6.37. The smallest absolute Gasteiger partial charge is 0.465 e. The van der Waals surface area contributed by atoms with Crippen molar-refractivity contribution in [2.75, 3.05) is 72.0 Å². The van der Waals surface area contributed by atoms with E-state index in [0.717, 1.165) is 0 Å². The van der Waals surface area contributed by atoms with E-state index in [9.17, 15) is 27.3 Å². The molecule has 13 nitrogen and oxygen atoms in total. The van der Waals surface area contributed by atoms with E-state index >= 15 is 0 Å². The molecular formula is C15H29F3N5O8P+2. The Kier molecular flexibility index (Phi) is 9.00. The molecule has 0 saturated carbocycles. The van der Waals surface area contributed by atoms with Gasteiger partial charge in [-0.3, -0.25) is 9.59 Å². The van der Waals surface area contributed by atoms with Gasteiger partial charge in [-0.25, -0.2) is 4.57 Å². The number of nitrogens with two attached hydrogens (primary N) is 2. The summed E-state index contributed by atoms with van der Waals surface area (Å²) in [6, 6.07) is 0. The average Bonchev–Trinajstić information content (AvgIpc) is 2.66. The van der Waals surface area contributed by atoms with Crippen LogP contribution in [0.1, 0.15) is 6.92 Å². The molecule has 2 aliphatic rings. The number of alkyl halides is 3. The SMILES string of the molecule is CCOC(=O)CN(CP(=O)(O[N+]1(N)CCOCC1)O[N+]1(N)CCOCC1)C(=O)C(F)(F)F. The van der Waals surface area contributed by atoms with Crippen molar-refractivity contribution in [2.24, 2.45) is 11.7 Å². The highest BCUT2D eigenvalue weighted by atomic mass is 31.2. The van der Waals surface area contributed by atoms with Gasteiger partial charge in [0.05, 0.1) is 6.61 Å². The van der Waals surface area contributed by atoms with Crippen LogP contribution in [0.4, 0.5) is 13.2 Å². The maximum absolute atomic E-state index is 13.7. The number of hydrogen-bond donors (Lipinski definition) is 2. The lowest BCUT2D eigenvalue weighted by Crippen LogP contribution is -2.62. The zero-order valence-electron chi connectivity index (χ0n) is 17.6. The number of nitrogens with zero attached hydrogens (tertiary/aromatic N) is 3. The van der Waals surface area contributed by atoms with E-state index in [2.05, 4.69) is 4.74 Å². The van der Waals surface area contributed by atoms with Crippen LogP contribution in [0.2, 0.25) is 0 Å². The van der Waals surface area contributed by atoms with E-state index in [-0.39, 0.29) is 64.1 Å². The molecule has 32 heavy (non-hydrogen) atoms. The molecule has 0 aromatic rings. The minimum Gasteiger partial charge on any atom is -0.465 e. The Bertz CT molecular complexity index is 686. The lowest BCUT2D eigenvalue weighted by atomic mass is 10.5. The van der Waals surface area contributed by atoms with Gasteiger partial charge < -0.3 is 19.1 Å². The van der Waals surface area contributed by atoms with Crippen molar-refractivity contribution in [1.29, 1.82) is 0 Å². The lowest BCUT2D eigenvalue weighted by molar-refractivity contribution is -1.12. The first kappa shape index (κ1) is 26.9. The number of rotatable bonds is 9. The highest BCUT2D eigenvalue weighted by Crippen LogP contribution is 2.53. The number of hydrogen-bond acceptors (Lipinski definition) is 10. The first-order valence-corrected chi connectivity index (χ1v) is 11.5. The zero-order chi connectivity index (χ0) is 24.0. The van der Waals surface area contributed by atoms with Gasteiger partial charge in [-0.15, -0.1) is 11.7 Å². The molecule has 0 spiro atoms. The summed E-state index contributed by atoms with van der Waals surface area (Å²) in [5.74, 6) is 8.59. The topological polar surface area (TPSA) is 153 Å². The van der Waals surface area contributed by atoms with Gasteiger partial charge in [-0.1, -0.05) is 18.8 Å². The van der Waals surface area contributed by atoms with E-state index in [1.54, 1.807) is 0 Å². The molecule has 0 unspecified atom stereocenters. The normalized spacial score (nSPS) is 21.1. The van der Waals surface area contributed by atoms with Gasteiger partial charge in [-0.05, 0) is 6.92 Å². The number of carbonyl (C=O) groups excluding carboxylic acids is 2. The fourth-order valence-electron chi connectivity index (χ4n) is 2.97. The minimum absolute atomic E-state index is 0.00200. The summed E-state index contributed by atoms with van der Waals surface area (Å²) in [7, 11) is -4.66. The van der Waals surface area contributed by atoms with Gasteiger partial charge in [0.15, 0.2) is 26.2 Å². The second-order valence-corrected chi connectivity index (χ2v) is 9.08. The van der Waals surface area contributed by atoms with Gasteiger partial charge >= 0.3 is 25.6 Å². The van der Waals surface area contributed by atoms with Crippen LogP contribution in [0.25, 0.3) is 0 Å². The predicted octanol–water partition coefficient (Wildman–Crippen LogP) is -0.604. The van der Waals surface area contributed by atoms with E-state index in [4.69, 9.17) is 30.4 Å². The van der Waals surface area contributed by atoms with Crippen molar-refractivity contribution in [3.8, 4) is 0 Å². The Labute approximate surface area is 182 Å². The summed E-state index contributed by atoms with van der Waals surface area (Å²) in [4.78, 5) is 23.8. The van der Waals surface area contributed by atoms with Crippen LogP contribution >= 0.6 is 7.60 Å². The van der Waals surface area contributed by atoms with Crippen molar-refractivity contribution < 1.29 is 60.3 Å². The maximum atomic E-state index is 13.7. The molecule has 0 aromatic heterocycles. The van der Waals surface area contributed by atoms with E-state index in [1.165, 1.54) is 6.92 Å². The van der Waals surface area contributed by atoms with E-state index in [0.29, 0.717) is 0 Å². The molecule has 186 valence electrons. The van der Waals surface area contributed by atoms with Gasteiger partial charge in [0, 0.05) is 0 Å². The summed E-state index contributed by atoms with van der Waals surface area (Å²) in [6.07, 6.45) is -6.60. The van der Waals surface area contributed by atoms with Crippen LogP contribution in [0.5, 0.6) is 0 Å². The molecule has 4 N–H and O–H groups in total. The number of morpholine rings is 2. The van der Waals surface area contributed by atoms with Crippen molar-refractivity contribution >= 4 is 19.5 Å². The van der Waals surface area contributed by atoms with Gasteiger partial charge in [0.2, 0.25) is 0 Å². The van der Waals surface area contributed by atoms with E-state index < -0.39 is 48.0 Å². The number of halogens is 3. The first-order chi connectivity index (χ1) is 14.8. The first-order valence-electron chi connectivity index (χ1n) is 9.80. The Morgan fingerprint density at radius 1 is 1.00 bits per heavy atom. The molecule has 17 heteroatoms. The number of esters is 1. The Hall–Kier alpha value is -1.36. The summed E-state index contributed by atoms with van der Waals surface area (Å²) in [5, 5.41) is 0. The summed E-state index contributed by atoms with van der Waals surface area (Å²) in [5.41, 5.74) is 0. The van der Waals surface area contributed by atoms with Crippen molar-refractivity contribution in [2.45, 2.75) is 13.1 Å². The monoisotopic (exact) mass is 495 g/mol. The fraction of sp³-hybridized carbons (Fsp3) is 0.867. The minimum atomic E-state index is -5.36. The number of ether oxygens (including phenoxy) is 3. The average molecular weight is 495 g/mol.